The molecule has 10 heavy (non-hydrogen) atoms. The van der Waals surface area contributed by atoms with Crippen molar-refractivity contribution in [3.05, 3.63) is 0 Å². The van der Waals surface area contributed by atoms with Gasteiger partial charge in [-0.05, 0) is 20.8 Å². The Morgan fingerprint density at radius 2 is 2.10 bits per heavy atom. The minimum Gasteiger partial charge on any atom is -0.444 e. The number of hydrogen-bond acceptors (Lipinski definition) is 3. The molecule has 0 radical (unpaired) electrons. The van der Waals surface area contributed by atoms with Crippen molar-refractivity contribution in [2.75, 3.05) is 5.88 Å². The van der Waals surface area contributed by atoms with Gasteiger partial charge in [0.2, 0.25) is 0 Å². The van der Waals surface area contributed by atoms with Crippen LogP contribution in [0.25, 0.3) is 0 Å². The smallest absolute Gasteiger partial charge is 0.408 e. The maximum absolute atomic E-state index is 10.7. The number of alkyl carbamates (subject to hydrolysis) is 1. The lowest BCUT2D eigenvalue weighted by Gasteiger charge is -2.18. The number of hydrogen-bond donors (Lipinski definition) is 2. The number of rotatable bonds is 1. The molecular weight excluding hydrogens is 150 g/mol. The van der Waals surface area contributed by atoms with Crippen molar-refractivity contribution in [2.24, 2.45) is 0 Å². The molecule has 0 fully saturated rings. The van der Waals surface area contributed by atoms with Gasteiger partial charge in [0.25, 0.3) is 0 Å². The number of amides is 1. The summed E-state index contributed by atoms with van der Waals surface area (Å²) in [7, 11) is 0. The molecule has 0 heterocycles. The van der Waals surface area contributed by atoms with Crippen LogP contribution in [-0.4, -0.2) is 17.6 Å². The number of carbonyl (C=O) groups excluding carboxylic acids is 1. The van der Waals surface area contributed by atoms with E-state index in [9.17, 15) is 4.79 Å². The lowest BCUT2D eigenvalue weighted by Crippen LogP contribution is -2.31. The molecule has 0 saturated heterocycles. The third kappa shape index (κ3) is 5.75. The van der Waals surface area contributed by atoms with Gasteiger partial charge in [0, 0.05) is 0 Å². The van der Waals surface area contributed by atoms with E-state index in [2.05, 4.69) is 17.9 Å². The summed E-state index contributed by atoms with van der Waals surface area (Å²) in [4.78, 5) is 10.7. The van der Waals surface area contributed by atoms with Crippen LogP contribution in [0.15, 0.2) is 0 Å². The normalized spacial score (nSPS) is 10.8. The summed E-state index contributed by atoms with van der Waals surface area (Å²) in [6.45, 7) is 5.43. The Morgan fingerprint density at radius 3 is 2.40 bits per heavy atom. The van der Waals surface area contributed by atoms with Crippen LogP contribution in [0.3, 0.4) is 0 Å². The highest BCUT2D eigenvalue weighted by Crippen LogP contribution is 2.05. The molecule has 0 rings (SSSR count). The Balaban J connectivity index is 3.58. The van der Waals surface area contributed by atoms with Crippen LogP contribution < -0.4 is 5.32 Å². The second-order valence-electron chi connectivity index (χ2n) is 2.84. The fourth-order valence-corrected chi connectivity index (χ4v) is 0.508. The van der Waals surface area contributed by atoms with E-state index in [-0.39, 0.29) is 0 Å². The monoisotopic (exact) mass is 163 g/mol. The van der Waals surface area contributed by atoms with Crippen LogP contribution >= 0.6 is 12.6 Å². The van der Waals surface area contributed by atoms with E-state index in [0.29, 0.717) is 5.88 Å². The van der Waals surface area contributed by atoms with Crippen molar-refractivity contribution in [1.82, 2.24) is 5.32 Å². The fraction of sp³-hybridized carbons (Fsp3) is 0.833. The van der Waals surface area contributed by atoms with Gasteiger partial charge in [0.1, 0.15) is 5.60 Å². The summed E-state index contributed by atoms with van der Waals surface area (Å²) >= 11 is 3.80. The zero-order chi connectivity index (χ0) is 8.20. The van der Waals surface area contributed by atoms with Gasteiger partial charge in [0.15, 0.2) is 0 Å². The molecule has 0 aromatic carbocycles. The standard InChI is InChI=1S/C6H13NO2S/c1-6(2,3)9-5(8)7-4-10/h10H,4H2,1-3H3,(H,7,8). The lowest BCUT2D eigenvalue weighted by atomic mass is 10.2. The molecule has 0 unspecified atom stereocenters. The number of thiol groups is 1. The van der Waals surface area contributed by atoms with Gasteiger partial charge >= 0.3 is 6.09 Å². The number of nitrogens with one attached hydrogen (secondary N) is 1. The highest BCUT2D eigenvalue weighted by Gasteiger charge is 2.14. The van der Waals surface area contributed by atoms with Crippen molar-refractivity contribution < 1.29 is 9.53 Å². The van der Waals surface area contributed by atoms with Crippen LogP contribution in [-0.2, 0) is 4.74 Å². The molecule has 4 heteroatoms. The first-order valence-electron chi connectivity index (χ1n) is 3.03. The zero-order valence-corrected chi connectivity index (χ0v) is 7.37. The van der Waals surface area contributed by atoms with Crippen LogP contribution in [0.1, 0.15) is 20.8 Å². The summed E-state index contributed by atoms with van der Waals surface area (Å²) in [5.41, 5.74) is -0.424. The first-order chi connectivity index (χ1) is 4.45. The predicted molar refractivity (Wildman–Crippen MR) is 43.2 cm³/mol. The molecule has 3 nitrogen and oxygen atoms in total. The fourth-order valence-electron chi connectivity index (χ4n) is 0.379. The van der Waals surface area contributed by atoms with Crippen molar-refractivity contribution in [1.29, 1.82) is 0 Å². The van der Waals surface area contributed by atoms with E-state index in [1.165, 1.54) is 0 Å². The van der Waals surface area contributed by atoms with Crippen LogP contribution in [0, 0.1) is 0 Å². The van der Waals surface area contributed by atoms with Crippen LogP contribution in [0.5, 0.6) is 0 Å². The summed E-state index contributed by atoms with van der Waals surface area (Å²) in [6.07, 6.45) is -0.428. The van der Waals surface area contributed by atoms with Gasteiger partial charge < -0.3 is 10.1 Å². The van der Waals surface area contributed by atoms with E-state index in [4.69, 9.17) is 4.74 Å². The van der Waals surface area contributed by atoms with Crippen LogP contribution in [0.2, 0.25) is 0 Å². The average Bonchev–Trinajstić information content (AvgIpc) is 1.59. The largest absolute Gasteiger partial charge is 0.444 e. The molecule has 60 valence electrons. The molecule has 0 aromatic heterocycles. The summed E-state index contributed by atoms with van der Waals surface area (Å²) in [6, 6.07) is 0. The average molecular weight is 163 g/mol. The molecule has 0 aliphatic rings. The quantitative estimate of drug-likeness (QED) is 0.453. The van der Waals surface area contributed by atoms with Crippen molar-refractivity contribution in [3.63, 3.8) is 0 Å². The highest BCUT2D eigenvalue weighted by molar-refractivity contribution is 7.80. The number of carbonyl (C=O) groups is 1. The second kappa shape index (κ2) is 3.71. The molecule has 0 aromatic rings. The van der Waals surface area contributed by atoms with Crippen molar-refractivity contribution in [3.8, 4) is 0 Å². The summed E-state index contributed by atoms with van der Waals surface area (Å²) in [5, 5.41) is 2.41. The summed E-state index contributed by atoms with van der Waals surface area (Å²) < 4.78 is 4.88. The maximum Gasteiger partial charge on any atom is 0.408 e. The van der Waals surface area contributed by atoms with Crippen molar-refractivity contribution in [2.45, 2.75) is 26.4 Å². The number of ether oxygens (including phenoxy) is 1. The van der Waals surface area contributed by atoms with E-state index >= 15 is 0 Å². The van der Waals surface area contributed by atoms with Crippen molar-refractivity contribution >= 4 is 18.7 Å². The molecule has 0 atom stereocenters. The SMILES string of the molecule is CC(C)(C)OC(=O)NCS. The van der Waals surface area contributed by atoms with E-state index in [1.807, 2.05) is 20.8 Å². The topological polar surface area (TPSA) is 38.3 Å². The first kappa shape index (κ1) is 9.62. The first-order valence-corrected chi connectivity index (χ1v) is 3.66. The lowest BCUT2D eigenvalue weighted by molar-refractivity contribution is 0.0538. The maximum atomic E-state index is 10.7. The molecule has 0 saturated carbocycles. The van der Waals surface area contributed by atoms with Gasteiger partial charge in [-0.1, -0.05) is 0 Å². The third-order valence-electron chi connectivity index (χ3n) is 0.622. The third-order valence-corrected chi connectivity index (χ3v) is 0.780. The molecule has 1 N–H and O–H groups in total. The van der Waals surface area contributed by atoms with E-state index in [0.717, 1.165) is 0 Å². The molecule has 0 spiro atoms. The Morgan fingerprint density at radius 1 is 1.60 bits per heavy atom. The minimum atomic E-state index is -0.428. The zero-order valence-electron chi connectivity index (χ0n) is 6.47. The predicted octanol–water partition coefficient (Wildman–Crippen LogP) is 1.40. The molecule has 0 aliphatic carbocycles. The van der Waals surface area contributed by atoms with Gasteiger partial charge in [0.05, 0.1) is 5.88 Å². The van der Waals surface area contributed by atoms with E-state index in [1.54, 1.807) is 0 Å². The van der Waals surface area contributed by atoms with Gasteiger partial charge in [-0.2, -0.15) is 12.6 Å². The highest BCUT2D eigenvalue weighted by atomic mass is 32.1. The Labute approximate surface area is 66.5 Å². The van der Waals surface area contributed by atoms with Gasteiger partial charge in [-0.3, -0.25) is 0 Å². The van der Waals surface area contributed by atoms with Gasteiger partial charge in [-0.15, -0.1) is 0 Å². The second-order valence-corrected chi connectivity index (χ2v) is 3.15. The molecule has 1 amide bonds. The Hall–Kier alpha value is -0.380. The summed E-state index contributed by atoms with van der Waals surface area (Å²) in [5.74, 6) is 0.301. The Bertz CT molecular complexity index is 119. The molecular formula is C6H13NO2S. The molecule has 0 bridgehead atoms. The minimum absolute atomic E-state index is 0.301. The molecule has 0 aliphatic heterocycles. The Kier molecular flexibility index (Phi) is 3.57. The van der Waals surface area contributed by atoms with Crippen LogP contribution in [0.4, 0.5) is 4.79 Å². The van der Waals surface area contributed by atoms with E-state index < -0.39 is 11.7 Å². The van der Waals surface area contributed by atoms with Gasteiger partial charge in [-0.25, -0.2) is 4.79 Å².